The third kappa shape index (κ3) is 53.5. The van der Waals surface area contributed by atoms with E-state index in [2.05, 4.69) is 33.0 Å². The first-order valence-electron chi connectivity index (χ1n) is 7.50. The molecule has 0 saturated heterocycles. The Labute approximate surface area is 127 Å². The Balaban J connectivity index is -0.0000000701. The Morgan fingerprint density at radius 1 is 1.10 bits per heavy atom. The zero-order valence-corrected chi connectivity index (χ0v) is 14.1. The van der Waals surface area contributed by atoms with E-state index in [9.17, 15) is 9.59 Å². The molecule has 0 spiro atoms. The average molecular weight is 293 g/mol. The van der Waals surface area contributed by atoms with Gasteiger partial charge in [-0.25, -0.2) is 0 Å². The Hall–Kier alpha value is -0.900. The number of primary amides is 1. The molecule has 0 aliphatic carbocycles. The molecule has 0 aliphatic rings. The van der Waals surface area contributed by atoms with Crippen LogP contribution in [-0.2, 0) is 9.59 Å². The van der Waals surface area contributed by atoms with E-state index in [0.29, 0.717) is 6.29 Å². The molecular formula is C16H40N2O2. The van der Waals surface area contributed by atoms with Crippen molar-refractivity contribution in [1.29, 1.82) is 0 Å². The Morgan fingerprint density at radius 2 is 1.45 bits per heavy atom. The van der Waals surface area contributed by atoms with Crippen LogP contribution in [0.2, 0.25) is 0 Å². The molecule has 1 amide bonds. The van der Waals surface area contributed by atoms with Gasteiger partial charge in [-0.1, -0.05) is 68.7 Å². The minimum absolute atomic E-state index is 0. The van der Waals surface area contributed by atoms with Gasteiger partial charge < -0.3 is 15.8 Å². The van der Waals surface area contributed by atoms with Crippen LogP contribution in [0.15, 0.2) is 0 Å². The summed E-state index contributed by atoms with van der Waals surface area (Å²) in [5.74, 6) is -0.453. The van der Waals surface area contributed by atoms with Crippen LogP contribution in [0.3, 0.4) is 0 Å². The summed E-state index contributed by atoms with van der Waals surface area (Å²) >= 11 is 0. The number of aldehydes is 1. The summed E-state index contributed by atoms with van der Waals surface area (Å²) < 4.78 is 0. The minimum Gasteiger partial charge on any atom is -0.370 e. The van der Waals surface area contributed by atoms with Gasteiger partial charge in [0.1, 0.15) is 6.29 Å². The fourth-order valence-electron chi connectivity index (χ4n) is 0.715. The van der Waals surface area contributed by atoms with Gasteiger partial charge in [0, 0.05) is 6.42 Å². The molecule has 0 radical (unpaired) electrons. The first kappa shape index (κ1) is 31.5. The third-order valence-corrected chi connectivity index (χ3v) is 1.24. The van der Waals surface area contributed by atoms with E-state index < -0.39 is 11.9 Å². The molecule has 0 heterocycles. The van der Waals surface area contributed by atoms with Crippen molar-refractivity contribution in [2.24, 2.45) is 5.73 Å². The van der Waals surface area contributed by atoms with Crippen molar-refractivity contribution in [1.82, 2.24) is 5.32 Å². The number of hydrogen-bond donors (Lipinski definition) is 2. The molecule has 0 aromatic carbocycles. The summed E-state index contributed by atoms with van der Waals surface area (Å²) in [4.78, 5) is 20.6. The average Bonchev–Trinajstić information content (AvgIpc) is 2.38. The molecule has 0 aromatic rings. The molecule has 0 fully saturated rings. The maximum absolute atomic E-state index is 10.4. The van der Waals surface area contributed by atoms with Gasteiger partial charge in [0.2, 0.25) is 5.91 Å². The quantitative estimate of drug-likeness (QED) is 0.729. The van der Waals surface area contributed by atoms with Crippen LogP contribution >= 0.6 is 0 Å². The van der Waals surface area contributed by atoms with Crippen LogP contribution in [0.4, 0.5) is 0 Å². The largest absolute Gasteiger partial charge is 0.370 e. The molecule has 20 heavy (non-hydrogen) atoms. The van der Waals surface area contributed by atoms with E-state index in [1.807, 2.05) is 20.8 Å². The van der Waals surface area contributed by atoms with E-state index in [4.69, 9.17) is 5.73 Å². The summed E-state index contributed by atoms with van der Waals surface area (Å²) in [7, 11) is 0. The van der Waals surface area contributed by atoms with E-state index in [1.54, 1.807) is 0 Å². The number of hydrogen-bond acceptors (Lipinski definition) is 3. The summed E-state index contributed by atoms with van der Waals surface area (Å²) in [6, 6.07) is -0.410. The first-order chi connectivity index (χ1) is 9.03. The Bertz CT molecular complexity index is 161. The topological polar surface area (TPSA) is 72.2 Å². The Kier molecular flexibility index (Phi) is 56.9. The lowest BCUT2D eigenvalue weighted by Gasteiger charge is -2.08. The van der Waals surface area contributed by atoms with Crippen LogP contribution < -0.4 is 11.1 Å². The van der Waals surface area contributed by atoms with Gasteiger partial charge in [-0.3, -0.25) is 4.79 Å². The number of amides is 1. The highest BCUT2D eigenvalue weighted by molar-refractivity contribution is 5.78. The van der Waals surface area contributed by atoms with Crippen molar-refractivity contribution >= 4 is 12.2 Å². The van der Waals surface area contributed by atoms with Gasteiger partial charge >= 0.3 is 0 Å². The van der Waals surface area contributed by atoms with E-state index >= 15 is 0 Å². The van der Waals surface area contributed by atoms with Gasteiger partial charge in [-0.15, -0.1) is 0 Å². The number of rotatable bonds is 6. The van der Waals surface area contributed by atoms with Crippen LogP contribution in [0, 0.1) is 0 Å². The molecule has 0 unspecified atom stereocenters. The van der Waals surface area contributed by atoms with Crippen molar-refractivity contribution in [2.75, 3.05) is 6.54 Å². The molecule has 4 heteroatoms. The van der Waals surface area contributed by atoms with Crippen molar-refractivity contribution in [3.8, 4) is 0 Å². The maximum Gasteiger partial charge on any atom is 0.219 e. The molecule has 0 aliphatic heterocycles. The third-order valence-electron chi connectivity index (χ3n) is 1.24. The van der Waals surface area contributed by atoms with Crippen LogP contribution in [0.5, 0.6) is 0 Å². The standard InChI is InChI=1S/C7H14N2O2.2C3H8.C2H6.CH4/c1-2-3-9-6(5-10)4-7(8)11;2*1-3-2;1-2;/h5-6,9H,2-4H2,1H3,(H2,8,11);2*3H2,1-2H3;1-2H3;1H4/t6-;;;;/m0..../s1. The molecule has 1 atom stereocenters. The smallest absolute Gasteiger partial charge is 0.219 e. The summed E-state index contributed by atoms with van der Waals surface area (Å²) in [6.07, 6.45) is 4.23. The minimum atomic E-state index is -0.453. The van der Waals surface area contributed by atoms with Gasteiger partial charge in [-0.2, -0.15) is 0 Å². The van der Waals surface area contributed by atoms with Crippen molar-refractivity contribution in [3.63, 3.8) is 0 Å². The predicted octanol–water partition coefficient (Wildman–Crippen LogP) is 3.92. The van der Waals surface area contributed by atoms with Gasteiger partial charge in [0.05, 0.1) is 6.04 Å². The molecule has 126 valence electrons. The first-order valence-corrected chi connectivity index (χ1v) is 7.50. The van der Waals surface area contributed by atoms with Crippen molar-refractivity contribution < 1.29 is 9.59 Å². The molecule has 4 nitrogen and oxygen atoms in total. The SMILES string of the molecule is C.CC.CCC.CCC.CCCN[C@H](C=O)CC(N)=O. The maximum atomic E-state index is 10.4. The molecule has 0 aromatic heterocycles. The fourth-order valence-corrected chi connectivity index (χ4v) is 0.715. The monoisotopic (exact) mass is 292 g/mol. The number of carbonyl (C=O) groups is 2. The number of nitrogens with two attached hydrogens (primary N) is 1. The highest BCUT2D eigenvalue weighted by Gasteiger charge is 2.08. The van der Waals surface area contributed by atoms with E-state index in [1.165, 1.54) is 12.8 Å². The van der Waals surface area contributed by atoms with E-state index in [-0.39, 0.29) is 13.8 Å². The highest BCUT2D eigenvalue weighted by Crippen LogP contribution is 1.86. The Morgan fingerprint density at radius 3 is 1.65 bits per heavy atom. The zero-order valence-electron chi connectivity index (χ0n) is 14.1. The second-order valence-corrected chi connectivity index (χ2v) is 3.78. The fraction of sp³-hybridized carbons (Fsp3) is 0.875. The van der Waals surface area contributed by atoms with Crippen LogP contribution in [0.1, 0.15) is 81.6 Å². The number of carbonyl (C=O) groups excluding carboxylic acids is 2. The van der Waals surface area contributed by atoms with E-state index in [0.717, 1.165) is 13.0 Å². The van der Waals surface area contributed by atoms with Crippen molar-refractivity contribution in [3.05, 3.63) is 0 Å². The normalized spacial score (nSPS) is 8.95. The van der Waals surface area contributed by atoms with Gasteiger partial charge in [0.15, 0.2) is 0 Å². The lowest BCUT2D eigenvalue weighted by atomic mass is 10.2. The van der Waals surface area contributed by atoms with Gasteiger partial charge in [-0.05, 0) is 13.0 Å². The van der Waals surface area contributed by atoms with Crippen LogP contribution in [-0.4, -0.2) is 24.8 Å². The molecule has 0 rings (SSSR count). The second kappa shape index (κ2) is 36.1. The van der Waals surface area contributed by atoms with Crippen molar-refractivity contribution in [2.45, 2.75) is 87.6 Å². The lowest BCUT2D eigenvalue weighted by Crippen LogP contribution is -2.35. The summed E-state index contributed by atoms with van der Waals surface area (Å²) in [6.45, 7) is 15.2. The van der Waals surface area contributed by atoms with Crippen LogP contribution in [0.25, 0.3) is 0 Å². The molecule has 0 saturated carbocycles. The highest BCUT2D eigenvalue weighted by atomic mass is 16.1. The lowest BCUT2D eigenvalue weighted by molar-refractivity contribution is -0.120. The second-order valence-electron chi connectivity index (χ2n) is 3.78. The number of nitrogens with one attached hydrogen (secondary N) is 1. The summed E-state index contributed by atoms with van der Waals surface area (Å²) in [5.41, 5.74) is 4.90. The zero-order chi connectivity index (χ0) is 16.1. The predicted molar refractivity (Wildman–Crippen MR) is 92.0 cm³/mol. The molecular weight excluding hydrogens is 252 g/mol. The molecule has 0 bridgehead atoms. The molecule has 3 N–H and O–H groups in total. The summed E-state index contributed by atoms with van der Waals surface area (Å²) in [5, 5.41) is 2.88. The van der Waals surface area contributed by atoms with Gasteiger partial charge in [0.25, 0.3) is 0 Å².